The number of hydrogen-bond donors (Lipinski definition) is 0. The van der Waals surface area contributed by atoms with Crippen molar-refractivity contribution >= 4 is 12.1 Å². The first-order valence-electron chi connectivity index (χ1n) is 4.67. The Bertz CT molecular complexity index is 528. The number of pyridine rings is 1. The average molecular weight is 215 g/mol. The van der Waals surface area contributed by atoms with Crippen LogP contribution >= 0.6 is 0 Å². The third-order valence-electron chi connectivity index (χ3n) is 2.11. The number of hydrogen-bond acceptors (Lipinski definition) is 4. The average Bonchev–Trinajstić information content (AvgIpc) is 2.78. The van der Waals surface area contributed by atoms with Gasteiger partial charge < -0.3 is 0 Å². The molecular formula is C11H9N3O2. The Labute approximate surface area is 91.8 Å². The maximum atomic E-state index is 11.0. The number of aldehydes is 1. The Hall–Kier alpha value is -2.30. The maximum Gasteiger partial charge on any atom is 0.179 e. The zero-order valence-corrected chi connectivity index (χ0v) is 8.62. The van der Waals surface area contributed by atoms with Gasteiger partial charge in [-0.25, -0.2) is 9.97 Å². The zero-order valence-electron chi connectivity index (χ0n) is 8.62. The lowest BCUT2D eigenvalue weighted by Crippen LogP contribution is -1.95. The van der Waals surface area contributed by atoms with Crippen molar-refractivity contribution in [2.24, 2.45) is 0 Å². The van der Waals surface area contributed by atoms with E-state index in [4.69, 9.17) is 0 Å². The first-order valence-corrected chi connectivity index (χ1v) is 4.67. The minimum atomic E-state index is -0.0942. The lowest BCUT2D eigenvalue weighted by Gasteiger charge is -1.99. The van der Waals surface area contributed by atoms with Gasteiger partial charge in [-0.1, -0.05) is 0 Å². The highest BCUT2D eigenvalue weighted by Gasteiger charge is 2.05. The second-order valence-corrected chi connectivity index (χ2v) is 3.29. The van der Waals surface area contributed by atoms with E-state index in [1.165, 1.54) is 19.4 Å². The van der Waals surface area contributed by atoms with Gasteiger partial charge in [0.25, 0.3) is 0 Å². The van der Waals surface area contributed by atoms with Crippen LogP contribution in [0.4, 0.5) is 0 Å². The molecule has 0 saturated carbocycles. The summed E-state index contributed by atoms with van der Waals surface area (Å²) in [5, 5.41) is 0. The molecule has 0 aliphatic rings. The van der Waals surface area contributed by atoms with Crippen LogP contribution in [0.2, 0.25) is 0 Å². The second kappa shape index (κ2) is 4.06. The van der Waals surface area contributed by atoms with Gasteiger partial charge in [0.1, 0.15) is 17.8 Å². The van der Waals surface area contributed by atoms with Crippen LogP contribution in [0.5, 0.6) is 0 Å². The smallest absolute Gasteiger partial charge is 0.179 e. The first-order chi connectivity index (χ1) is 7.70. The van der Waals surface area contributed by atoms with Gasteiger partial charge >= 0.3 is 0 Å². The summed E-state index contributed by atoms with van der Waals surface area (Å²) in [6.45, 7) is 1.45. The van der Waals surface area contributed by atoms with Gasteiger partial charge in [0.05, 0.1) is 0 Å². The van der Waals surface area contributed by atoms with Crippen molar-refractivity contribution in [2.45, 2.75) is 6.92 Å². The minimum Gasteiger partial charge on any atom is -0.298 e. The number of aromatic nitrogens is 3. The second-order valence-electron chi connectivity index (χ2n) is 3.29. The molecule has 0 unspecified atom stereocenters. The topological polar surface area (TPSA) is 64.8 Å². The Balaban J connectivity index is 2.35. The molecule has 80 valence electrons. The molecule has 0 N–H and O–H groups in total. The monoisotopic (exact) mass is 215 g/mol. The summed E-state index contributed by atoms with van der Waals surface area (Å²) in [7, 11) is 0. The number of Topliss-reactive ketones (excluding diaryl/α,β-unsaturated/α-hetero) is 1. The summed E-state index contributed by atoms with van der Waals surface area (Å²) in [4.78, 5) is 29.5. The predicted molar refractivity (Wildman–Crippen MR) is 56.8 cm³/mol. The van der Waals surface area contributed by atoms with E-state index < -0.39 is 0 Å². The van der Waals surface area contributed by atoms with Crippen molar-refractivity contribution < 1.29 is 9.59 Å². The largest absolute Gasteiger partial charge is 0.298 e. The van der Waals surface area contributed by atoms with Crippen molar-refractivity contribution in [2.75, 3.05) is 0 Å². The van der Waals surface area contributed by atoms with E-state index in [9.17, 15) is 9.59 Å². The molecule has 0 aliphatic heterocycles. The van der Waals surface area contributed by atoms with E-state index >= 15 is 0 Å². The van der Waals surface area contributed by atoms with Crippen LogP contribution in [0.3, 0.4) is 0 Å². The van der Waals surface area contributed by atoms with Crippen molar-refractivity contribution in [1.82, 2.24) is 14.5 Å². The lowest BCUT2D eigenvalue weighted by molar-refractivity contribution is 0.101. The van der Waals surface area contributed by atoms with Crippen molar-refractivity contribution in [3.8, 4) is 5.82 Å². The predicted octanol–water partition coefficient (Wildman–Crippen LogP) is 1.28. The molecule has 0 atom stereocenters. The van der Waals surface area contributed by atoms with Crippen molar-refractivity contribution in [3.05, 3.63) is 42.1 Å². The molecule has 0 aromatic carbocycles. The number of imidazole rings is 1. The molecule has 0 spiro atoms. The van der Waals surface area contributed by atoms with Crippen LogP contribution in [0.1, 0.15) is 27.8 Å². The fraction of sp³-hybridized carbons (Fsp3) is 0.0909. The van der Waals surface area contributed by atoms with Crippen LogP contribution in [0.15, 0.2) is 30.9 Å². The van der Waals surface area contributed by atoms with Gasteiger partial charge in [0, 0.05) is 24.9 Å². The third-order valence-corrected chi connectivity index (χ3v) is 2.11. The molecule has 2 rings (SSSR count). The van der Waals surface area contributed by atoms with Gasteiger partial charge in [-0.3, -0.25) is 14.2 Å². The highest BCUT2D eigenvalue weighted by atomic mass is 16.1. The fourth-order valence-electron chi connectivity index (χ4n) is 1.25. The summed E-state index contributed by atoms with van der Waals surface area (Å²) in [5.74, 6) is 0.522. The third kappa shape index (κ3) is 1.88. The van der Waals surface area contributed by atoms with E-state index in [2.05, 4.69) is 9.97 Å². The van der Waals surface area contributed by atoms with Gasteiger partial charge in [-0.2, -0.15) is 0 Å². The van der Waals surface area contributed by atoms with Gasteiger partial charge in [-0.15, -0.1) is 0 Å². The Morgan fingerprint density at radius 3 is 2.69 bits per heavy atom. The maximum absolute atomic E-state index is 11.0. The first kappa shape index (κ1) is 10.2. The van der Waals surface area contributed by atoms with Gasteiger partial charge in [0.2, 0.25) is 0 Å². The van der Waals surface area contributed by atoms with Crippen molar-refractivity contribution in [1.29, 1.82) is 0 Å². The standard InChI is InChI=1S/C11H9N3O2/c1-8(16)10-5-14(7-13-10)11-3-2-9(6-15)4-12-11/h2-7H,1H3. The molecule has 0 radical (unpaired) electrons. The Morgan fingerprint density at radius 1 is 1.38 bits per heavy atom. The number of rotatable bonds is 3. The molecule has 0 amide bonds. The zero-order chi connectivity index (χ0) is 11.5. The molecule has 0 fully saturated rings. The Kier molecular flexibility index (Phi) is 2.59. The summed E-state index contributed by atoms with van der Waals surface area (Å²) in [5.41, 5.74) is 0.900. The number of nitrogens with zero attached hydrogens (tertiary/aromatic N) is 3. The number of carbonyl (C=O) groups is 2. The molecule has 2 heterocycles. The van der Waals surface area contributed by atoms with E-state index in [1.807, 2.05) is 0 Å². The highest BCUT2D eigenvalue weighted by molar-refractivity contribution is 5.91. The molecule has 16 heavy (non-hydrogen) atoms. The molecule has 0 aliphatic carbocycles. The minimum absolute atomic E-state index is 0.0942. The summed E-state index contributed by atoms with van der Waals surface area (Å²) in [6, 6.07) is 3.35. The van der Waals surface area contributed by atoms with Crippen LogP contribution in [0.25, 0.3) is 5.82 Å². The van der Waals surface area contributed by atoms with Crippen LogP contribution in [0, 0.1) is 0 Å². The number of ketones is 1. The van der Waals surface area contributed by atoms with Gasteiger partial charge in [-0.05, 0) is 12.1 Å². The molecule has 2 aromatic rings. The summed E-state index contributed by atoms with van der Waals surface area (Å²) >= 11 is 0. The normalized spacial score (nSPS) is 10.1. The van der Waals surface area contributed by atoms with Gasteiger partial charge in [0.15, 0.2) is 12.1 Å². The van der Waals surface area contributed by atoms with Crippen LogP contribution in [-0.2, 0) is 0 Å². The summed E-state index contributed by atoms with van der Waals surface area (Å²) in [6.07, 6.45) is 5.31. The molecule has 0 saturated heterocycles. The molecule has 5 heteroatoms. The highest BCUT2D eigenvalue weighted by Crippen LogP contribution is 2.06. The van der Waals surface area contributed by atoms with E-state index in [0.29, 0.717) is 17.1 Å². The summed E-state index contributed by atoms with van der Waals surface area (Å²) < 4.78 is 1.63. The van der Waals surface area contributed by atoms with E-state index in [0.717, 1.165) is 6.29 Å². The van der Waals surface area contributed by atoms with Crippen LogP contribution in [-0.4, -0.2) is 26.6 Å². The molecule has 0 bridgehead atoms. The van der Waals surface area contributed by atoms with E-state index in [1.54, 1.807) is 22.9 Å². The lowest BCUT2D eigenvalue weighted by atomic mass is 10.3. The SMILES string of the molecule is CC(=O)c1cn(-c2ccc(C=O)cn2)cn1. The Morgan fingerprint density at radius 2 is 2.19 bits per heavy atom. The quantitative estimate of drug-likeness (QED) is 0.571. The molecule has 5 nitrogen and oxygen atoms in total. The van der Waals surface area contributed by atoms with Crippen LogP contribution < -0.4 is 0 Å². The fourth-order valence-corrected chi connectivity index (χ4v) is 1.25. The molecular weight excluding hydrogens is 206 g/mol. The number of carbonyl (C=O) groups excluding carboxylic acids is 2. The van der Waals surface area contributed by atoms with Crippen molar-refractivity contribution in [3.63, 3.8) is 0 Å². The van der Waals surface area contributed by atoms with E-state index in [-0.39, 0.29) is 5.78 Å². The molecule has 2 aromatic heterocycles.